The molecule has 0 saturated carbocycles. The first-order valence-electron chi connectivity index (χ1n) is 3.95. The highest BCUT2D eigenvalue weighted by Gasteiger charge is 2.37. The van der Waals surface area contributed by atoms with Crippen molar-refractivity contribution < 1.29 is 13.2 Å². The van der Waals surface area contributed by atoms with Crippen molar-refractivity contribution in [3.63, 3.8) is 0 Å². The molecule has 0 radical (unpaired) electrons. The van der Waals surface area contributed by atoms with Crippen LogP contribution in [0.25, 0.3) is 0 Å². The van der Waals surface area contributed by atoms with E-state index < -0.39 is 17.3 Å². The van der Waals surface area contributed by atoms with Crippen molar-refractivity contribution in [3.8, 4) is 0 Å². The first kappa shape index (κ1) is 11.4. The van der Waals surface area contributed by atoms with Crippen LogP contribution in [-0.2, 0) is 11.7 Å². The second-order valence-electron chi connectivity index (χ2n) is 3.93. The molecule has 0 aliphatic rings. The Morgan fingerprint density at radius 1 is 1.29 bits per heavy atom. The molecular formula is C8H10ClF3N2. The third-order valence-corrected chi connectivity index (χ3v) is 2.02. The lowest BCUT2D eigenvalue weighted by molar-refractivity contribution is -0.137. The van der Waals surface area contributed by atoms with E-state index in [1.165, 1.54) is 0 Å². The van der Waals surface area contributed by atoms with Crippen molar-refractivity contribution in [2.24, 2.45) is 0 Å². The summed E-state index contributed by atoms with van der Waals surface area (Å²) in [4.78, 5) is 0. The zero-order chi connectivity index (χ0) is 11.1. The van der Waals surface area contributed by atoms with E-state index >= 15 is 0 Å². The Labute approximate surface area is 84.7 Å². The zero-order valence-corrected chi connectivity index (χ0v) is 8.74. The van der Waals surface area contributed by atoms with E-state index in [1.807, 2.05) is 0 Å². The molecule has 0 aliphatic heterocycles. The van der Waals surface area contributed by atoms with Gasteiger partial charge in [-0.25, -0.2) is 4.68 Å². The fraction of sp³-hybridized carbons (Fsp3) is 0.625. The molecule has 0 saturated heterocycles. The summed E-state index contributed by atoms with van der Waals surface area (Å²) in [6.07, 6.45) is -3.70. The van der Waals surface area contributed by atoms with E-state index in [1.54, 1.807) is 20.8 Å². The molecule has 0 amide bonds. The summed E-state index contributed by atoms with van der Waals surface area (Å²) in [6, 6.07) is 0. The number of rotatable bonds is 0. The molecule has 0 aromatic carbocycles. The molecule has 0 unspecified atom stereocenters. The van der Waals surface area contributed by atoms with Gasteiger partial charge in [-0.1, -0.05) is 11.6 Å². The van der Waals surface area contributed by atoms with Crippen LogP contribution >= 0.6 is 11.6 Å². The lowest BCUT2D eigenvalue weighted by Crippen LogP contribution is -2.23. The highest BCUT2D eigenvalue weighted by atomic mass is 35.5. The molecule has 6 heteroatoms. The fourth-order valence-electron chi connectivity index (χ4n) is 0.991. The highest BCUT2D eigenvalue weighted by molar-refractivity contribution is 6.30. The van der Waals surface area contributed by atoms with Crippen LogP contribution in [0, 0.1) is 0 Å². The van der Waals surface area contributed by atoms with Crippen molar-refractivity contribution in [2.45, 2.75) is 32.5 Å². The largest absolute Gasteiger partial charge is 0.420 e. The molecule has 0 atom stereocenters. The van der Waals surface area contributed by atoms with Crippen LogP contribution < -0.4 is 0 Å². The van der Waals surface area contributed by atoms with Gasteiger partial charge in [0, 0.05) is 0 Å². The van der Waals surface area contributed by atoms with Gasteiger partial charge in [0.2, 0.25) is 0 Å². The van der Waals surface area contributed by atoms with E-state index in [0.29, 0.717) is 0 Å². The van der Waals surface area contributed by atoms with Gasteiger partial charge in [-0.15, -0.1) is 0 Å². The van der Waals surface area contributed by atoms with Gasteiger partial charge in [-0.05, 0) is 20.8 Å². The van der Waals surface area contributed by atoms with Crippen LogP contribution in [0.3, 0.4) is 0 Å². The lowest BCUT2D eigenvalue weighted by atomic mass is 10.1. The second kappa shape index (κ2) is 3.15. The molecule has 0 aliphatic carbocycles. The Bertz CT molecular complexity index is 304. The number of alkyl halides is 3. The number of aromatic nitrogens is 2. The molecule has 80 valence electrons. The minimum atomic E-state index is -4.44. The lowest BCUT2D eigenvalue weighted by Gasteiger charge is -2.20. The van der Waals surface area contributed by atoms with Gasteiger partial charge in [0.25, 0.3) is 0 Å². The predicted octanol–water partition coefficient (Wildman–Crippen LogP) is 3.31. The molecule has 0 N–H and O–H groups in total. The maximum atomic E-state index is 12.3. The quantitative estimate of drug-likeness (QED) is 0.664. The second-order valence-corrected chi connectivity index (χ2v) is 4.29. The predicted molar refractivity (Wildman–Crippen MR) is 47.2 cm³/mol. The van der Waals surface area contributed by atoms with Gasteiger partial charge in [0.1, 0.15) is 10.7 Å². The SMILES string of the molecule is CC(C)(C)n1ncc(C(F)(F)F)c1Cl. The van der Waals surface area contributed by atoms with Gasteiger partial charge >= 0.3 is 6.18 Å². The molecule has 1 aromatic heterocycles. The summed E-state index contributed by atoms with van der Waals surface area (Å²) < 4.78 is 38.1. The molecule has 1 heterocycles. The van der Waals surface area contributed by atoms with Crippen molar-refractivity contribution in [3.05, 3.63) is 16.9 Å². The minimum Gasteiger partial charge on any atom is -0.248 e. The minimum absolute atomic E-state index is 0.370. The summed E-state index contributed by atoms with van der Waals surface area (Å²) in [6.45, 7) is 5.18. The number of halogens is 4. The van der Waals surface area contributed by atoms with Crippen LogP contribution in [0.4, 0.5) is 13.2 Å². The Kier molecular flexibility index (Phi) is 2.56. The monoisotopic (exact) mass is 226 g/mol. The van der Waals surface area contributed by atoms with Crippen LogP contribution in [0.15, 0.2) is 6.20 Å². The van der Waals surface area contributed by atoms with Gasteiger partial charge in [-0.3, -0.25) is 0 Å². The normalized spacial score (nSPS) is 13.4. The van der Waals surface area contributed by atoms with E-state index in [0.717, 1.165) is 10.9 Å². The first-order chi connectivity index (χ1) is 6.14. The van der Waals surface area contributed by atoms with Gasteiger partial charge in [0.15, 0.2) is 0 Å². The van der Waals surface area contributed by atoms with Crippen LogP contribution in [0.5, 0.6) is 0 Å². The van der Waals surface area contributed by atoms with Crippen molar-refractivity contribution >= 4 is 11.6 Å². The molecule has 2 nitrogen and oxygen atoms in total. The molecule has 1 rings (SSSR count). The molecule has 1 aromatic rings. The Morgan fingerprint density at radius 3 is 2.00 bits per heavy atom. The molecule has 0 bridgehead atoms. The molecule has 0 spiro atoms. The Balaban J connectivity index is 3.23. The fourth-order valence-corrected chi connectivity index (χ4v) is 1.44. The van der Waals surface area contributed by atoms with E-state index in [4.69, 9.17) is 11.6 Å². The Hall–Kier alpha value is -0.710. The summed E-state index contributed by atoms with van der Waals surface area (Å²) in [5.74, 6) is 0. The number of nitrogens with zero attached hydrogens (tertiary/aromatic N) is 2. The van der Waals surface area contributed by atoms with Crippen molar-refractivity contribution in [1.29, 1.82) is 0 Å². The van der Waals surface area contributed by atoms with E-state index in [-0.39, 0.29) is 5.15 Å². The van der Waals surface area contributed by atoms with Crippen molar-refractivity contribution in [1.82, 2.24) is 9.78 Å². The van der Waals surface area contributed by atoms with Gasteiger partial charge in [0.05, 0.1) is 11.7 Å². The summed E-state index contributed by atoms with van der Waals surface area (Å²) >= 11 is 5.57. The highest BCUT2D eigenvalue weighted by Crippen LogP contribution is 2.36. The molecular weight excluding hydrogens is 217 g/mol. The summed E-state index contributed by atoms with van der Waals surface area (Å²) in [5.41, 5.74) is -1.45. The third-order valence-electron chi connectivity index (χ3n) is 1.65. The summed E-state index contributed by atoms with van der Waals surface area (Å²) in [7, 11) is 0. The van der Waals surface area contributed by atoms with Crippen LogP contribution in [0.1, 0.15) is 26.3 Å². The third kappa shape index (κ3) is 2.03. The van der Waals surface area contributed by atoms with Gasteiger partial charge < -0.3 is 0 Å². The molecule has 0 fully saturated rings. The topological polar surface area (TPSA) is 17.8 Å². The zero-order valence-electron chi connectivity index (χ0n) is 7.98. The van der Waals surface area contributed by atoms with Crippen LogP contribution in [0.2, 0.25) is 5.15 Å². The Morgan fingerprint density at radius 2 is 1.79 bits per heavy atom. The average Bonchev–Trinajstić information content (AvgIpc) is 2.26. The average molecular weight is 227 g/mol. The smallest absolute Gasteiger partial charge is 0.248 e. The van der Waals surface area contributed by atoms with E-state index in [2.05, 4.69) is 5.10 Å². The van der Waals surface area contributed by atoms with E-state index in [9.17, 15) is 13.2 Å². The number of hydrogen-bond acceptors (Lipinski definition) is 1. The maximum absolute atomic E-state index is 12.3. The summed E-state index contributed by atoms with van der Waals surface area (Å²) in [5, 5.41) is 3.25. The van der Waals surface area contributed by atoms with Crippen LogP contribution in [-0.4, -0.2) is 9.78 Å². The molecule has 14 heavy (non-hydrogen) atoms. The first-order valence-corrected chi connectivity index (χ1v) is 4.33. The number of hydrogen-bond donors (Lipinski definition) is 0. The van der Waals surface area contributed by atoms with Crippen molar-refractivity contribution in [2.75, 3.05) is 0 Å². The standard InChI is InChI=1S/C8H10ClF3N2/c1-7(2,3)14-6(9)5(4-13-14)8(10,11)12/h4H,1-3H3. The maximum Gasteiger partial charge on any atom is 0.420 e. The van der Waals surface area contributed by atoms with Gasteiger partial charge in [-0.2, -0.15) is 18.3 Å².